The van der Waals surface area contributed by atoms with E-state index in [4.69, 9.17) is 4.42 Å². The summed E-state index contributed by atoms with van der Waals surface area (Å²) >= 11 is 0. The number of hydrogen-bond donors (Lipinski definition) is 2. The van der Waals surface area contributed by atoms with Gasteiger partial charge in [0.25, 0.3) is 0 Å². The van der Waals surface area contributed by atoms with Crippen molar-refractivity contribution in [2.24, 2.45) is 0 Å². The number of benzene rings is 1. The third-order valence-electron chi connectivity index (χ3n) is 3.32. The van der Waals surface area contributed by atoms with E-state index in [2.05, 4.69) is 10.6 Å². The monoisotopic (exact) mass is 320 g/mol. The summed E-state index contributed by atoms with van der Waals surface area (Å²) < 4.78 is 16.9. The Morgan fingerprint density at radius 1 is 1.27 bits per heavy atom. The standard InChI is InChI=1S/C16H20N2O3S/c1-10-8-15(12(3)21-10)11(2)17-16(19)18-13-6-5-7-14(9-13)22(4)20/h5-9,11H,1-4H3,(H2,17,18,19)/t11-,22+/m0/s1. The number of hydrogen-bond acceptors (Lipinski definition) is 3. The second kappa shape index (κ2) is 6.79. The van der Waals surface area contributed by atoms with Gasteiger partial charge >= 0.3 is 6.03 Å². The lowest BCUT2D eigenvalue weighted by molar-refractivity contribution is 0.249. The lowest BCUT2D eigenvalue weighted by Gasteiger charge is -2.14. The van der Waals surface area contributed by atoms with Crippen molar-refractivity contribution in [3.05, 3.63) is 47.4 Å². The highest BCUT2D eigenvalue weighted by molar-refractivity contribution is 7.84. The largest absolute Gasteiger partial charge is 0.466 e. The molecule has 2 N–H and O–H groups in total. The number of carbonyl (C=O) groups excluding carboxylic acids is 1. The van der Waals surface area contributed by atoms with E-state index in [0.29, 0.717) is 10.6 Å². The van der Waals surface area contributed by atoms with Crippen molar-refractivity contribution in [3.63, 3.8) is 0 Å². The van der Waals surface area contributed by atoms with Crippen LogP contribution in [0.1, 0.15) is 30.0 Å². The quantitative estimate of drug-likeness (QED) is 0.905. The Morgan fingerprint density at radius 2 is 2.00 bits per heavy atom. The zero-order valence-corrected chi connectivity index (χ0v) is 13.9. The van der Waals surface area contributed by atoms with Gasteiger partial charge in [0.2, 0.25) is 0 Å². The average Bonchev–Trinajstić information content (AvgIpc) is 2.77. The highest BCUT2D eigenvalue weighted by Crippen LogP contribution is 2.21. The number of furan rings is 1. The molecule has 0 radical (unpaired) electrons. The summed E-state index contributed by atoms with van der Waals surface area (Å²) in [5, 5.41) is 5.61. The molecule has 0 saturated carbocycles. The summed E-state index contributed by atoms with van der Waals surface area (Å²) in [5.41, 5.74) is 1.56. The van der Waals surface area contributed by atoms with E-state index in [0.717, 1.165) is 17.1 Å². The van der Waals surface area contributed by atoms with Gasteiger partial charge in [-0.2, -0.15) is 0 Å². The molecular weight excluding hydrogens is 300 g/mol. The average molecular weight is 320 g/mol. The molecule has 6 heteroatoms. The molecule has 2 aromatic rings. The van der Waals surface area contributed by atoms with Crippen LogP contribution in [0.3, 0.4) is 0 Å². The molecular formula is C16H20N2O3S. The van der Waals surface area contributed by atoms with E-state index in [1.54, 1.807) is 30.5 Å². The van der Waals surface area contributed by atoms with Gasteiger partial charge in [-0.1, -0.05) is 6.07 Å². The number of aryl methyl sites for hydroxylation is 2. The molecule has 118 valence electrons. The number of carbonyl (C=O) groups is 1. The summed E-state index contributed by atoms with van der Waals surface area (Å²) in [4.78, 5) is 12.7. The first-order chi connectivity index (χ1) is 10.4. The molecule has 1 heterocycles. The Morgan fingerprint density at radius 3 is 2.59 bits per heavy atom. The number of urea groups is 1. The van der Waals surface area contributed by atoms with E-state index in [1.165, 1.54) is 0 Å². The van der Waals surface area contributed by atoms with Crippen LogP contribution in [0.15, 0.2) is 39.6 Å². The third kappa shape index (κ3) is 3.98. The molecule has 2 atom stereocenters. The first kappa shape index (κ1) is 16.3. The molecule has 1 aromatic carbocycles. The van der Waals surface area contributed by atoms with Crippen LogP contribution in [0.4, 0.5) is 10.5 Å². The number of nitrogens with one attached hydrogen (secondary N) is 2. The predicted octanol–water partition coefficient (Wildman–Crippen LogP) is 3.52. The maximum atomic E-state index is 12.1. The van der Waals surface area contributed by atoms with Crippen molar-refractivity contribution in [1.82, 2.24) is 5.32 Å². The van der Waals surface area contributed by atoms with E-state index in [-0.39, 0.29) is 12.1 Å². The highest BCUT2D eigenvalue weighted by atomic mass is 32.2. The molecule has 2 rings (SSSR count). The van der Waals surface area contributed by atoms with Gasteiger partial charge in [-0.3, -0.25) is 4.21 Å². The van der Waals surface area contributed by atoms with E-state index in [1.807, 2.05) is 26.8 Å². The summed E-state index contributed by atoms with van der Waals surface area (Å²) in [5.74, 6) is 1.62. The minimum Gasteiger partial charge on any atom is -0.466 e. The van der Waals surface area contributed by atoms with Crippen molar-refractivity contribution in [2.75, 3.05) is 11.6 Å². The van der Waals surface area contributed by atoms with Crippen LogP contribution < -0.4 is 10.6 Å². The Hall–Kier alpha value is -2.08. The number of anilines is 1. The highest BCUT2D eigenvalue weighted by Gasteiger charge is 2.15. The van der Waals surface area contributed by atoms with E-state index in [9.17, 15) is 9.00 Å². The minimum atomic E-state index is -1.08. The molecule has 22 heavy (non-hydrogen) atoms. The molecule has 0 fully saturated rings. The zero-order chi connectivity index (χ0) is 16.3. The van der Waals surface area contributed by atoms with Crippen molar-refractivity contribution < 1.29 is 13.4 Å². The summed E-state index contributed by atoms with van der Waals surface area (Å²) in [6, 6.07) is 8.42. The van der Waals surface area contributed by atoms with Gasteiger partial charge in [0.05, 0.1) is 6.04 Å². The predicted molar refractivity (Wildman–Crippen MR) is 87.5 cm³/mol. The SMILES string of the molecule is Cc1cc([C@H](C)NC(=O)Nc2cccc([S@@](C)=O)c2)c(C)o1. The smallest absolute Gasteiger partial charge is 0.319 e. The van der Waals surface area contributed by atoms with Gasteiger partial charge in [0, 0.05) is 33.2 Å². The fourth-order valence-corrected chi connectivity index (χ4v) is 2.84. The molecule has 0 saturated heterocycles. The second-order valence-corrected chi connectivity index (χ2v) is 6.55. The third-order valence-corrected chi connectivity index (χ3v) is 4.24. The Bertz CT molecular complexity index is 709. The normalized spacial score (nSPS) is 13.5. The number of rotatable bonds is 4. The van der Waals surface area contributed by atoms with Crippen LogP contribution >= 0.6 is 0 Å². The summed E-state index contributed by atoms with van der Waals surface area (Å²) in [6.07, 6.45) is 1.60. The van der Waals surface area contributed by atoms with E-state index >= 15 is 0 Å². The van der Waals surface area contributed by atoms with Crippen LogP contribution in [-0.4, -0.2) is 16.5 Å². The Kier molecular flexibility index (Phi) is 5.03. The number of amides is 2. The van der Waals surface area contributed by atoms with E-state index < -0.39 is 10.8 Å². The first-order valence-corrected chi connectivity index (χ1v) is 8.50. The van der Waals surface area contributed by atoms with Crippen LogP contribution in [0.5, 0.6) is 0 Å². The molecule has 0 aliphatic carbocycles. The second-order valence-electron chi connectivity index (χ2n) is 5.17. The maximum Gasteiger partial charge on any atom is 0.319 e. The fourth-order valence-electron chi connectivity index (χ4n) is 2.27. The first-order valence-electron chi connectivity index (χ1n) is 6.94. The topological polar surface area (TPSA) is 71.3 Å². The molecule has 5 nitrogen and oxygen atoms in total. The van der Waals surface area contributed by atoms with Gasteiger partial charge in [-0.15, -0.1) is 0 Å². The lowest BCUT2D eigenvalue weighted by atomic mass is 10.1. The summed E-state index contributed by atoms with van der Waals surface area (Å²) in [6.45, 7) is 5.65. The Labute approximate surface area is 132 Å². The zero-order valence-electron chi connectivity index (χ0n) is 13.1. The van der Waals surface area contributed by atoms with Crippen molar-refractivity contribution >= 4 is 22.5 Å². The lowest BCUT2D eigenvalue weighted by Crippen LogP contribution is -2.31. The van der Waals surface area contributed by atoms with Crippen LogP contribution in [0.2, 0.25) is 0 Å². The van der Waals surface area contributed by atoms with Crippen molar-refractivity contribution in [3.8, 4) is 0 Å². The maximum absolute atomic E-state index is 12.1. The fraction of sp³-hybridized carbons (Fsp3) is 0.312. The van der Waals surface area contributed by atoms with Gasteiger partial charge in [-0.05, 0) is 45.0 Å². The van der Waals surface area contributed by atoms with Crippen molar-refractivity contribution in [1.29, 1.82) is 0 Å². The van der Waals surface area contributed by atoms with Crippen LogP contribution in [0, 0.1) is 13.8 Å². The van der Waals surface area contributed by atoms with Gasteiger partial charge < -0.3 is 15.1 Å². The molecule has 0 aliphatic rings. The van der Waals surface area contributed by atoms with Crippen LogP contribution in [-0.2, 0) is 10.8 Å². The Balaban J connectivity index is 2.02. The molecule has 0 spiro atoms. The summed E-state index contributed by atoms with van der Waals surface area (Å²) in [7, 11) is -1.08. The van der Waals surface area contributed by atoms with Gasteiger partial charge in [-0.25, -0.2) is 4.79 Å². The molecule has 2 amide bonds. The van der Waals surface area contributed by atoms with Crippen molar-refractivity contribution in [2.45, 2.75) is 31.7 Å². The molecule has 0 unspecified atom stereocenters. The molecule has 1 aromatic heterocycles. The molecule has 0 aliphatic heterocycles. The van der Waals surface area contributed by atoms with Gasteiger partial charge in [0.1, 0.15) is 11.5 Å². The molecule has 0 bridgehead atoms. The minimum absolute atomic E-state index is 0.166. The van der Waals surface area contributed by atoms with Crippen LogP contribution in [0.25, 0.3) is 0 Å². The van der Waals surface area contributed by atoms with Gasteiger partial charge in [0.15, 0.2) is 0 Å².